The maximum atomic E-state index is 12.8. The van der Waals surface area contributed by atoms with Gasteiger partial charge in [-0.2, -0.15) is 0 Å². The summed E-state index contributed by atoms with van der Waals surface area (Å²) in [6.07, 6.45) is 1.01. The molecule has 0 unspecified atom stereocenters. The molecule has 0 aliphatic carbocycles. The van der Waals surface area contributed by atoms with E-state index in [4.69, 9.17) is 4.74 Å². The average molecular weight is 395 g/mol. The molecule has 8 nitrogen and oxygen atoms in total. The number of ether oxygens (including phenoxy) is 1. The highest BCUT2D eigenvalue weighted by atomic mass is 32.2. The Labute approximate surface area is 155 Å². The van der Waals surface area contributed by atoms with E-state index in [1.807, 2.05) is 0 Å². The number of rotatable bonds is 7. The molecule has 0 fully saturated rings. The van der Waals surface area contributed by atoms with Crippen molar-refractivity contribution in [3.8, 4) is 5.75 Å². The van der Waals surface area contributed by atoms with Gasteiger partial charge in [-0.15, -0.1) is 0 Å². The molecule has 144 valence electrons. The third-order valence-corrected chi connectivity index (χ3v) is 3.89. The second kappa shape index (κ2) is 8.49. The molecule has 3 N–H and O–H groups in total. The van der Waals surface area contributed by atoms with Crippen molar-refractivity contribution in [3.05, 3.63) is 53.8 Å². The van der Waals surface area contributed by atoms with Crippen molar-refractivity contribution >= 4 is 33.2 Å². The fourth-order valence-corrected chi connectivity index (χ4v) is 2.69. The number of anilines is 2. The van der Waals surface area contributed by atoms with Crippen molar-refractivity contribution in [2.45, 2.75) is 0 Å². The Morgan fingerprint density at radius 1 is 1.11 bits per heavy atom. The summed E-state index contributed by atoms with van der Waals surface area (Å²) in [5.41, 5.74) is 0.802. The molecule has 0 radical (unpaired) electrons. The second-order valence-electron chi connectivity index (χ2n) is 5.53. The van der Waals surface area contributed by atoms with Crippen LogP contribution in [0.3, 0.4) is 0 Å². The van der Waals surface area contributed by atoms with Gasteiger partial charge in [0.25, 0.3) is 5.91 Å². The fourth-order valence-electron chi connectivity index (χ4n) is 2.12. The minimum Gasteiger partial charge on any atom is -0.494 e. The summed E-state index contributed by atoms with van der Waals surface area (Å²) in [4.78, 5) is 23.9. The van der Waals surface area contributed by atoms with Crippen LogP contribution in [0.15, 0.2) is 42.5 Å². The summed E-state index contributed by atoms with van der Waals surface area (Å²) in [6, 6.07) is 9.26. The number of benzene rings is 2. The Kier molecular flexibility index (Phi) is 6.35. The molecule has 2 amide bonds. The molecule has 0 saturated carbocycles. The molecule has 0 aromatic heterocycles. The lowest BCUT2D eigenvalue weighted by molar-refractivity contribution is -0.115. The summed E-state index contributed by atoms with van der Waals surface area (Å²) < 4.78 is 42.9. The van der Waals surface area contributed by atoms with Gasteiger partial charge >= 0.3 is 0 Å². The van der Waals surface area contributed by atoms with E-state index >= 15 is 0 Å². The Bertz CT molecular complexity index is 946. The van der Waals surface area contributed by atoms with Crippen LogP contribution in [0.2, 0.25) is 0 Å². The van der Waals surface area contributed by atoms with Gasteiger partial charge in [-0.25, -0.2) is 12.8 Å². The standard InChI is InChI=1S/C17H18FN3O5S/c1-26-15-9-13(7-8-14(15)21-27(2,24)25)20-16(22)10-19-17(23)11-3-5-12(18)6-4-11/h3-9,21H,10H2,1-2H3,(H,19,23)(H,20,22). The lowest BCUT2D eigenvalue weighted by atomic mass is 10.2. The molecule has 0 heterocycles. The maximum absolute atomic E-state index is 12.8. The van der Waals surface area contributed by atoms with Gasteiger partial charge in [0.1, 0.15) is 11.6 Å². The first-order valence-corrected chi connectivity index (χ1v) is 9.56. The van der Waals surface area contributed by atoms with Gasteiger partial charge in [0, 0.05) is 17.3 Å². The first-order chi connectivity index (χ1) is 12.7. The molecular weight excluding hydrogens is 377 g/mol. The monoisotopic (exact) mass is 395 g/mol. The number of sulfonamides is 1. The molecule has 0 spiro atoms. The highest BCUT2D eigenvalue weighted by Crippen LogP contribution is 2.28. The highest BCUT2D eigenvalue weighted by Gasteiger charge is 2.12. The van der Waals surface area contributed by atoms with Crippen molar-refractivity contribution in [1.29, 1.82) is 0 Å². The number of carbonyl (C=O) groups excluding carboxylic acids is 2. The molecule has 0 atom stereocenters. The Morgan fingerprint density at radius 2 is 1.78 bits per heavy atom. The first kappa shape index (κ1) is 20.2. The number of hydrogen-bond donors (Lipinski definition) is 3. The van der Waals surface area contributed by atoms with E-state index in [-0.39, 0.29) is 23.5 Å². The number of halogens is 1. The number of amides is 2. The Balaban J connectivity index is 1.97. The smallest absolute Gasteiger partial charge is 0.251 e. The predicted octanol–water partition coefficient (Wildman–Crippen LogP) is 1.57. The van der Waals surface area contributed by atoms with Crippen molar-refractivity contribution < 1.29 is 27.1 Å². The van der Waals surface area contributed by atoms with Gasteiger partial charge in [0.2, 0.25) is 15.9 Å². The molecule has 2 aromatic rings. The molecule has 27 heavy (non-hydrogen) atoms. The topological polar surface area (TPSA) is 114 Å². The van der Waals surface area contributed by atoms with Crippen LogP contribution < -0.4 is 20.1 Å². The van der Waals surface area contributed by atoms with E-state index in [9.17, 15) is 22.4 Å². The van der Waals surface area contributed by atoms with Crippen LogP contribution in [0.4, 0.5) is 15.8 Å². The number of methoxy groups -OCH3 is 1. The SMILES string of the molecule is COc1cc(NC(=O)CNC(=O)c2ccc(F)cc2)ccc1NS(C)(=O)=O. The summed E-state index contributed by atoms with van der Waals surface area (Å²) in [5, 5.41) is 4.96. The average Bonchev–Trinajstić information content (AvgIpc) is 2.60. The minimum absolute atomic E-state index is 0.216. The second-order valence-corrected chi connectivity index (χ2v) is 7.28. The van der Waals surface area contributed by atoms with Gasteiger partial charge in [-0.1, -0.05) is 0 Å². The van der Waals surface area contributed by atoms with Gasteiger partial charge in [-0.3, -0.25) is 14.3 Å². The quantitative estimate of drug-likeness (QED) is 0.659. The normalized spacial score (nSPS) is 10.8. The summed E-state index contributed by atoms with van der Waals surface area (Å²) in [5.74, 6) is -1.27. The van der Waals surface area contributed by atoms with Crippen molar-refractivity contribution in [2.75, 3.05) is 29.9 Å². The third-order valence-electron chi connectivity index (χ3n) is 3.30. The van der Waals surface area contributed by atoms with Crippen LogP contribution in [0, 0.1) is 5.82 Å². The van der Waals surface area contributed by atoms with E-state index in [0.29, 0.717) is 5.69 Å². The van der Waals surface area contributed by atoms with Crippen LogP contribution in [0.5, 0.6) is 5.75 Å². The summed E-state index contributed by atoms with van der Waals surface area (Å²) >= 11 is 0. The highest BCUT2D eigenvalue weighted by molar-refractivity contribution is 7.92. The number of nitrogens with one attached hydrogen (secondary N) is 3. The predicted molar refractivity (Wildman–Crippen MR) is 98.8 cm³/mol. The number of hydrogen-bond acceptors (Lipinski definition) is 5. The zero-order valence-electron chi connectivity index (χ0n) is 14.6. The lowest BCUT2D eigenvalue weighted by Gasteiger charge is -2.12. The molecule has 2 rings (SSSR count). The zero-order chi connectivity index (χ0) is 20.0. The van der Waals surface area contributed by atoms with Crippen molar-refractivity contribution in [1.82, 2.24) is 5.32 Å². The Morgan fingerprint density at radius 3 is 2.37 bits per heavy atom. The van der Waals surface area contributed by atoms with Gasteiger partial charge < -0.3 is 15.4 Å². The van der Waals surface area contributed by atoms with E-state index in [2.05, 4.69) is 15.4 Å². The van der Waals surface area contributed by atoms with Crippen molar-refractivity contribution in [3.63, 3.8) is 0 Å². The van der Waals surface area contributed by atoms with Crippen LogP contribution in [-0.4, -0.2) is 40.1 Å². The van der Waals surface area contributed by atoms with Gasteiger partial charge in [-0.05, 0) is 36.4 Å². The van der Waals surface area contributed by atoms with E-state index in [1.165, 1.54) is 37.4 Å². The Hall–Kier alpha value is -3.14. The molecule has 0 aliphatic heterocycles. The first-order valence-electron chi connectivity index (χ1n) is 7.67. The largest absolute Gasteiger partial charge is 0.494 e. The summed E-state index contributed by atoms with van der Waals surface area (Å²) in [6.45, 7) is -0.304. The van der Waals surface area contributed by atoms with E-state index in [0.717, 1.165) is 18.4 Å². The lowest BCUT2D eigenvalue weighted by Crippen LogP contribution is -2.32. The van der Waals surface area contributed by atoms with Crippen molar-refractivity contribution in [2.24, 2.45) is 0 Å². The van der Waals surface area contributed by atoms with Gasteiger partial charge in [0.15, 0.2) is 0 Å². The number of carbonyl (C=O) groups is 2. The molecule has 0 saturated heterocycles. The van der Waals surface area contributed by atoms with Crippen LogP contribution >= 0.6 is 0 Å². The van der Waals surface area contributed by atoms with Gasteiger partial charge in [0.05, 0.1) is 25.6 Å². The fraction of sp³-hybridized carbons (Fsp3) is 0.176. The molecule has 0 bridgehead atoms. The third kappa shape index (κ3) is 6.26. The van der Waals surface area contributed by atoms with E-state index < -0.39 is 27.7 Å². The van der Waals surface area contributed by atoms with Crippen LogP contribution in [0.25, 0.3) is 0 Å². The maximum Gasteiger partial charge on any atom is 0.251 e. The van der Waals surface area contributed by atoms with Crippen LogP contribution in [-0.2, 0) is 14.8 Å². The van der Waals surface area contributed by atoms with E-state index in [1.54, 1.807) is 0 Å². The molecule has 10 heteroatoms. The molecule has 0 aliphatic rings. The summed E-state index contributed by atoms with van der Waals surface area (Å²) in [7, 11) is -2.12. The minimum atomic E-state index is -3.48. The van der Waals surface area contributed by atoms with Crippen LogP contribution in [0.1, 0.15) is 10.4 Å². The molecular formula is C17H18FN3O5S. The molecule has 2 aromatic carbocycles. The zero-order valence-corrected chi connectivity index (χ0v) is 15.4.